The number of primary amides is 1. The molecule has 0 saturated carbocycles. The number of urea groups is 1. The van der Waals surface area contributed by atoms with Gasteiger partial charge >= 0.3 is 6.03 Å². The predicted molar refractivity (Wildman–Crippen MR) is 98.5 cm³/mol. The van der Waals surface area contributed by atoms with Crippen molar-refractivity contribution in [3.05, 3.63) is 60.7 Å². The number of hydrogen-bond donors (Lipinski definition) is 1. The summed E-state index contributed by atoms with van der Waals surface area (Å²) in [7, 11) is 0. The molecule has 5 heteroatoms. The highest BCUT2D eigenvalue weighted by Gasteiger charge is 2.29. The summed E-state index contributed by atoms with van der Waals surface area (Å²) >= 11 is 0. The van der Waals surface area contributed by atoms with Gasteiger partial charge in [0.05, 0.1) is 11.4 Å². The molecule has 1 atom stereocenters. The standard InChI is InChI=1S/C20H23N3O2/c21-19(24)14-16-8-7-13-22(15-16)20(25)23(17-9-3-1-4-10-17)18-11-5-2-6-12-18/h1-6,9-12,16H,7-8,13-15H2,(H2,21,24)/t16-/m1/s1. The van der Waals surface area contributed by atoms with Crippen LogP contribution in [0.2, 0.25) is 0 Å². The molecule has 0 unspecified atom stereocenters. The van der Waals surface area contributed by atoms with Crippen LogP contribution in [0.3, 0.4) is 0 Å². The van der Waals surface area contributed by atoms with Crippen molar-refractivity contribution in [3.8, 4) is 0 Å². The molecule has 1 heterocycles. The highest BCUT2D eigenvalue weighted by atomic mass is 16.2. The molecule has 2 aromatic carbocycles. The molecular weight excluding hydrogens is 314 g/mol. The normalized spacial score (nSPS) is 17.1. The van der Waals surface area contributed by atoms with E-state index in [9.17, 15) is 9.59 Å². The Hall–Kier alpha value is -2.82. The number of anilines is 2. The van der Waals surface area contributed by atoms with E-state index in [1.54, 1.807) is 4.90 Å². The Labute approximate surface area is 148 Å². The van der Waals surface area contributed by atoms with Crippen molar-refractivity contribution >= 4 is 23.3 Å². The molecule has 1 aliphatic heterocycles. The van der Waals surface area contributed by atoms with Crippen molar-refractivity contribution in [3.63, 3.8) is 0 Å². The SMILES string of the molecule is NC(=O)C[C@H]1CCCN(C(=O)N(c2ccccc2)c2ccccc2)C1. The highest BCUT2D eigenvalue weighted by molar-refractivity contribution is 5.99. The molecule has 1 fully saturated rings. The average molecular weight is 337 g/mol. The van der Waals surface area contributed by atoms with Crippen LogP contribution in [0.4, 0.5) is 16.2 Å². The molecular formula is C20H23N3O2. The van der Waals surface area contributed by atoms with Gasteiger partial charge in [-0.05, 0) is 43.0 Å². The van der Waals surface area contributed by atoms with E-state index in [0.717, 1.165) is 24.2 Å². The van der Waals surface area contributed by atoms with Crippen LogP contribution >= 0.6 is 0 Å². The molecule has 3 rings (SSSR count). The zero-order valence-electron chi connectivity index (χ0n) is 14.2. The largest absolute Gasteiger partial charge is 0.370 e. The molecule has 0 aliphatic carbocycles. The number of likely N-dealkylation sites (tertiary alicyclic amines) is 1. The number of hydrogen-bond acceptors (Lipinski definition) is 2. The summed E-state index contributed by atoms with van der Waals surface area (Å²) in [5.41, 5.74) is 6.99. The van der Waals surface area contributed by atoms with Gasteiger partial charge in [-0.25, -0.2) is 4.79 Å². The minimum atomic E-state index is -0.303. The van der Waals surface area contributed by atoms with Crippen LogP contribution in [0.1, 0.15) is 19.3 Å². The quantitative estimate of drug-likeness (QED) is 0.927. The van der Waals surface area contributed by atoms with E-state index in [2.05, 4.69) is 0 Å². The number of carbonyl (C=O) groups is 2. The summed E-state index contributed by atoms with van der Waals surface area (Å²) in [5, 5.41) is 0. The molecule has 2 aromatic rings. The van der Waals surface area contributed by atoms with E-state index >= 15 is 0 Å². The lowest BCUT2D eigenvalue weighted by Gasteiger charge is -2.36. The van der Waals surface area contributed by atoms with E-state index < -0.39 is 0 Å². The molecule has 3 amide bonds. The van der Waals surface area contributed by atoms with Crippen molar-refractivity contribution < 1.29 is 9.59 Å². The maximum absolute atomic E-state index is 13.3. The Morgan fingerprint density at radius 1 is 1.00 bits per heavy atom. The second-order valence-corrected chi connectivity index (χ2v) is 6.41. The van der Waals surface area contributed by atoms with Crippen LogP contribution in [-0.4, -0.2) is 29.9 Å². The fourth-order valence-electron chi connectivity index (χ4n) is 3.36. The predicted octanol–water partition coefficient (Wildman–Crippen LogP) is 3.53. The maximum Gasteiger partial charge on any atom is 0.329 e. The van der Waals surface area contributed by atoms with E-state index in [-0.39, 0.29) is 17.9 Å². The Morgan fingerprint density at radius 2 is 1.56 bits per heavy atom. The van der Waals surface area contributed by atoms with Crippen molar-refractivity contribution in [2.45, 2.75) is 19.3 Å². The summed E-state index contributed by atoms with van der Waals surface area (Å²) < 4.78 is 0. The lowest BCUT2D eigenvalue weighted by Crippen LogP contribution is -2.46. The van der Waals surface area contributed by atoms with Crippen LogP contribution in [0, 0.1) is 5.92 Å². The van der Waals surface area contributed by atoms with E-state index in [1.807, 2.05) is 65.6 Å². The number of nitrogens with two attached hydrogens (primary N) is 1. The van der Waals surface area contributed by atoms with Gasteiger partial charge in [-0.2, -0.15) is 0 Å². The Morgan fingerprint density at radius 3 is 2.08 bits per heavy atom. The first kappa shape index (κ1) is 17.0. The first-order chi connectivity index (χ1) is 12.1. The number of rotatable bonds is 4. The third kappa shape index (κ3) is 4.18. The summed E-state index contributed by atoms with van der Waals surface area (Å²) in [5.74, 6) is -0.161. The first-order valence-electron chi connectivity index (χ1n) is 8.62. The second kappa shape index (κ2) is 7.83. The first-order valence-corrected chi connectivity index (χ1v) is 8.62. The number of para-hydroxylation sites is 2. The number of carbonyl (C=O) groups excluding carboxylic acids is 2. The zero-order valence-corrected chi connectivity index (χ0v) is 14.2. The van der Waals surface area contributed by atoms with Crippen LogP contribution < -0.4 is 10.6 Å². The molecule has 0 radical (unpaired) electrons. The van der Waals surface area contributed by atoms with Crippen LogP contribution in [-0.2, 0) is 4.79 Å². The molecule has 0 aromatic heterocycles. The average Bonchev–Trinajstić information content (AvgIpc) is 2.63. The van der Waals surface area contributed by atoms with Crippen molar-refractivity contribution in [2.24, 2.45) is 11.7 Å². The van der Waals surface area contributed by atoms with Gasteiger partial charge in [0.2, 0.25) is 5.91 Å². The fourth-order valence-corrected chi connectivity index (χ4v) is 3.36. The van der Waals surface area contributed by atoms with Gasteiger partial charge in [-0.1, -0.05) is 36.4 Å². The number of piperidine rings is 1. The van der Waals surface area contributed by atoms with E-state index in [4.69, 9.17) is 5.73 Å². The van der Waals surface area contributed by atoms with Gasteiger partial charge in [0, 0.05) is 19.5 Å². The Kier molecular flexibility index (Phi) is 5.33. The molecule has 130 valence electrons. The highest BCUT2D eigenvalue weighted by Crippen LogP contribution is 2.28. The van der Waals surface area contributed by atoms with Gasteiger partial charge in [0.25, 0.3) is 0 Å². The molecule has 25 heavy (non-hydrogen) atoms. The number of benzene rings is 2. The Balaban J connectivity index is 1.86. The van der Waals surface area contributed by atoms with Crippen LogP contribution in [0.5, 0.6) is 0 Å². The van der Waals surface area contributed by atoms with Crippen molar-refractivity contribution in [1.29, 1.82) is 0 Å². The molecule has 1 saturated heterocycles. The van der Waals surface area contributed by atoms with Gasteiger partial charge in [-0.15, -0.1) is 0 Å². The van der Waals surface area contributed by atoms with Crippen molar-refractivity contribution in [2.75, 3.05) is 18.0 Å². The second-order valence-electron chi connectivity index (χ2n) is 6.41. The maximum atomic E-state index is 13.3. The third-order valence-corrected chi connectivity index (χ3v) is 4.50. The molecule has 0 bridgehead atoms. The topological polar surface area (TPSA) is 66.6 Å². The summed E-state index contributed by atoms with van der Waals surface area (Å²) in [4.78, 5) is 28.1. The van der Waals surface area contributed by atoms with E-state index in [1.165, 1.54) is 0 Å². The molecule has 0 spiro atoms. The summed E-state index contributed by atoms with van der Waals surface area (Å²) in [6.07, 6.45) is 2.16. The number of amides is 3. The van der Waals surface area contributed by atoms with Gasteiger partial charge < -0.3 is 10.6 Å². The third-order valence-electron chi connectivity index (χ3n) is 4.50. The lowest BCUT2D eigenvalue weighted by atomic mass is 9.95. The fraction of sp³-hybridized carbons (Fsp3) is 0.300. The monoisotopic (exact) mass is 337 g/mol. The summed E-state index contributed by atoms with van der Waals surface area (Å²) in [6, 6.07) is 19.2. The summed E-state index contributed by atoms with van der Waals surface area (Å²) in [6.45, 7) is 1.27. The minimum absolute atomic E-state index is 0.0634. The lowest BCUT2D eigenvalue weighted by molar-refractivity contribution is -0.119. The molecule has 1 aliphatic rings. The number of nitrogens with zero attached hydrogens (tertiary/aromatic N) is 2. The minimum Gasteiger partial charge on any atom is -0.370 e. The molecule has 5 nitrogen and oxygen atoms in total. The van der Waals surface area contributed by atoms with Crippen LogP contribution in [0.25, 0.3) is 0 Å². The van der Waals surface area contributed by atoms with E-state index in [0.29, 0.717) is 19.5 Å². The van der Waals surface area contributed by atoms with Crippen molar-refractivity contribution in [1.82, 2.24) is 4.90 Å². The van der Waals surface area contributed by atoms with Crippen LogP contribution in [0.15, 0.2) is 60.7 Å². The Bertz CT molecular complexity index is 679. The zero-order chi connectivity index (χ0) is 17.6. The van der Waals surface area contributed by atoms with Gasteiger partial charge in [-0.3, -0.25) is 9.69 Å². The van der Waals surface area contributed by atoms with Gasteiger partial charge in [0.1, 0.15) is 0 Å². The molecule has 2 N–H and O–H groups in total. The van der Waals surface area contributed by atoms with Gasteiger partial charge in [0.15, 0.2) is 0 Å². The smallest absolute Gasteiger partial charge is 0.329 e.